The van der Waals surface area contributed by atoms with Crippen LogP contribution in [0.5, 0.6) is 0 Å². The van der Waals surface area contributed by atoms with Crippen LogP contribution in [0.25, 0.3) is 0 Å². The van der Waals surface area contributed by atoms with Gasteiger partial charge < -0.3 is 10.6 Å². The zero-order valence-electron chi connectivity index (χ0n) is 9.98. The molecule has 1 aromatic rings. The van der Waals surface area contributed by atoms with Crippen molar-refractivity contribution in [3.63, 3.8) is 0 Å². The van der Waals surface area contributed by atoms with E-state index in [9.17, 15) is 13.2 Å². The highest BCUT2D eigenvalue weighted by atomic mass is 19.4. The molecule has 0 aliphatic carbocycles. The second-order valence-corrected chi connectivity index (χ2v) is 4.61. The summed E-state index contributed by atoms with van der Waals surface area (Å²) in [5.74, 6) is 0.843. The fourth-order valence-electron chi connectivity index (χ4n) is 2.26. The first kappa shape index (κ1) is 13.1. The zero-order valence-corrected chi connectivity index (χ0v) is 9.98. The Bertz CT molecular complexity index is 404. The molecule has 1 aromatic heterocycles. The Hall–Kier alpha value is -1.37. The van der Waals surface area contributed by atoms with Crippen molar-refractivity contribution in [1.29, 1.82) is 0 Å². The van der Waals surface area contributed by atoms with Crippen LogP contribution < -0.4 is 10.6 Å². The minimum Gasteiger partial charge on any atom is -0.352 e. The molecule has 2 heterocycles. The third-order valence-electron chi connectivity index (χ3n) is 3.23. The molecule has 0 spiro atoms. The number of halogens is 3. The average molecular weight is 260 g/mol. The molecule has 2 rings (SSSR count). The molecular formula is C11H15F3N4. The first-order valence-corrected chi connectivity index (χ1v) is 5.79. The highest BCUT2D eigenvalue weighted by molar-refractivity contribution is 5.40. The monoisotopic (exact) mass is 260 g/mol. The number of anilines is 1. The van der Waals surface area contributed by atoms with Crippen LogP contribution in [0.2, 0.25) is 0 Å². The SMILES string of the molecule is CC1CC(CN)CN1c1ccc(C(F)(F)F)nn1. The molecule has 1 saturated heterocycles. The maximum Gasteiger partial charge on any atom is 0.435 e. The van der Waals surface area contributed by atoms with Crippen molar-refractivity contribution in [2.24, 2.45) is 11.7 Å². The van der Waals surface area contributed by atoms with Crippen LogP contribution in [0.4, 0.5) is 19.0 Å². The number of alkyl halides is 3. The van der Waals surface area contributed by atoms with E-state index in [2.05, 4.69) is 10.2 Å². The number of nitrogens with zero attached hydrogens (tertiary/aromatic N) is 3. The molecule has 2 unspecified atom stereocenters. The van der Waals surface area contributed by atoms with Gasteiger partial charge in [0.2, 0.25) is 0 Å². The Kier molecular flexibility index (Phi) is 3.43. The quantitative estimate of drug-likeness (QED) is 0.878. The minimum absolute atomic E-state index is 0.226. The van der Waals surface area contributed by atoms with Crippen molar-refractivity contribution in [2.75, 3.05) is 18.0 Å². The Labute approximate surface area is 103 Å². The number of rotatable bonds is 2. The summed E-state index contributed by atoms with van der Waals surface area (Å²) in [6.45, 7) is 3.31. The summed E-state index contributed by atoms with van der Waals surface area (Å²) in [6.07, 6.45) is -3.51. The molecule has 0 amide bonds. The maximum absolute atomic E-state index is 12.4. The first-order valence-electron chi connectivity index (χ1n) is 5.79. The summed E-state index contributed by atoms with van der Waals surface area (Å²) < 4.78 is 37.1. The van der Waals surface area contributed by atoms with Gasteiger partial charge in [-0.3, -0.25) is 0 Å². The number of nitrogens with two attached hydrogens (primary N) is 1. The summed E-state index contributed by atoms with van der Waals surface area (Å²) in [5.41, 5.74) is 4.64. The van der Waals surface area contributed by atoms with E-state index in [4.69, 9.17) is 5.73 Å². The third-order valence-corrected chi connectivity index (χ3v) is 3.23. The second-order valence-electron chi connectivity index (χ2n) is 4.61. The maximum atomic E-state index is 12.4. The predicted octanol–water partition coefficient (Wildman–Crippen LogP) is 1.67. The molecule has 1 fully saturated rings. The predicted molar refractivity (Wildman–Crippen MR) is 61.0 cm³/mol. The van der Waals surface area contributed by atoms with E-state index in [1.807, 2.05) is 11.8 Å². The fourth-order valence-corrected chi connectivity index (χ4v) is 2.26. The number of hydrogen-bond acceptors (Lipinski definition) is 4. The van der Waals surface area contributed by atoms with Gasteiger partial charge in [0.25, 0.3) is 0 Å². The van der Waals surface area contributed by atoms with Crippen molar-refractivity contribution in [2.45, 2.75) is 25.6 Å². The standard InChI is InChI=1S/C11H15F3N4/c1-7-4-8(5-15)6-18(7)10-3-2-9(16-17-10)11(12,13)14/h2-3,7-8H,4-6,15H2,1H3. The molecule has 1 aliphatic rings. The largest absolute Gasteiger partial charge is 0.435 e. The Morgan fingerprint density at radius 3 is 2.56 bits per heavy atom. The molecule has 4 nitrogen and oxygen atoms in total. The smallest absolute Gasteiger partial charge is 0.352 e. The minimum atomic E-state index is -4.44. The fraction of sp³-hybridized carbons (Fsp3) is 0.636. The summed E-state index contributed by atoms with van der Waals surface area (Å²) in [7, 11) is 0. The van der Waals surface area contributed by atoms with Crippen LogP contribution in [-0.2, 0) is 6.18 Å². The van der Waals surface area contributed by atoms with Crippen molar-refractivity contribution >= 4 is 5.82 Å². The number of hydrogen-bond donors (Lipinski definition) is 1. The van der Waals surface area contributed by atoms with Crippen LogP contribution in [-0.4, -0.2) is 29.3 Å². The Morgan fingerprint density at radius 1 is 1.39 bits per heavy atom. The van der Waals surface area contributed by atoms with Crippen molar-refractivity contribution in [3.05, 3.63) is 17.8 Å². The lowest BCUT2D eigenvalue weighted by Gasteiger charge is -2.22. The van der Waals surface area contributed by atoms with E-state index in [-0.39, 0.29) is 6.04 Å². The van der Waals surface area contributed by atoms with E-state index >= 15 is 0 Å². The van der Waals surface area contributed by atoms with Crippen molar-refractivity contribution in [1.82, 2.24) is 10.2 Å². The van der Waals surface area contributed by atoms with Crippen LogP contribution in [0.1, 0.15) is 19.0 Å². The van der Waals surface area contributed by atoms with Crippen molar-refractivity contribution < 1.29 is 13.2 Å². The molecule has 0 saturated carbocycles. The molecule has 0 bridgehead atoms. The van der Waals surface area contributed by atoms with Gasteiger partial charge in [0, 0.05) is 12.6 Å². The molecule has 2 atom stereocenters. The van der Waals surface area contributed by atoms with Gasteiger partial charge in [0.05, 0.1) is 0 Å². The highest BCUT2D eigenvalue weighted by Gasteiger charge is 2.34. The van der Waals surface area contributed by atoms with Gasteiger partial charge in [-0.2, -0.15) is 13.2 Å². The number of aromatic nitrogens is 2. The van der Waals surface area contributed by atoms with Crippen LogP contribution in [0.15, 0.2) is 12.1 Å². The van der Waals surface area contributed by atoms with Gasteiger partial charge in [-0.15, -0.1) is 10.2 Å². The van der Waals surface area contributed by atoms with Gasteiger partial charge >= 0.3 is 6.18 Å². The zero-order chi connectivity index (χ0) is 13.3. The second kappa shape index (κ2) is 4.72. The lowest BCUT2D eigenvalue weighted by atomic mass is 10.1. The van der Waals surface area contributed by atoms with E-state index in [1.165, 1.54) is 6.07 Å². The van der Waals surface area contributed by atoms with E-state index in [0.29, 0.717) is 18.3 Å². The lowest BCUT2D eigenvalue weighted by molar-refractivity contribution is -0.141. The van der Waals surface area contributed by atoms with Gasteiger partial charge in [-0.05, 0) is 37.9 Å². The van der Waals surface area contributed by atoms with E-state index in [0.717, 1.165) is 19.0 Å². The molecule has 1 aliphatic heterocycles. The van der Waals surface area contributed by atoms with Gasteiger partial charge in [0.1, 0.15) is 0 Å². The van der Waals surface area contributed by atoms with E-state index < -0.39 is 11.9 Å². The summed E-state index contributed by atoms with van der Waals surface area (Å²) >= 11 is 0. The third kappa shape index (κ3) is 2.55. The summed E-state index contributed by atoms with van der Waals surface area (Å²) in [4.78, 5) is 1.95. The van der Waals surface area contributed by atoms with Gasteiger partial charge in [-0.25, -0.2) is 0 Å². The van der Waals surface area contributed by atoms with Crippen LogP contribution in [0.3, 0.4) is 0 Å². The van der Waals surface area contributed by atoms with E-state index in [1.54, 1.807) is 0 Å². The molecule has 2 N–H and O–H groups in total. The van der Waals surface area contributed by atoms with Gasteiger partial charge in [0.15, 0.2) is 11.5 Å². The lowest BCUT2D eigenvalue weighted by Crippen LogP contribution is -2.28. The van der Waals surface area contributed by atoms with Crippen molar-refractivity contribution in [3.8, 4) is 0 Å². The first-order chi connectivity index (χ1) is 8.41. The molecule has 100 valence electrons. The van der Waals surface area contributed by atoms with Crippen LogP contribution in [0, 0.1) is 5.92 Å². The molecule has 7 heteroatoms. The Morgan fingerprint density at radius 2 is 2.11 bits per heavy atom. The Balaban J connectivity index is 2.15. The van der Waals surface area contributed by atoms with Crippen LogP contribution >= 0.6 is 0 Å². The summed E-state index contributed by atoms with van der Waals surface area (Å²) in [6, 6.07) is 2.56. The molecular weight excluding hydrogens is 245 g/mol. The molecule has 0 radical (unpaired) electrons. The molecule has 0 aromatic carbocycles. The summed E-state index contributed by atoms with van der Waals surface area (Å²) in [5, 5.41) is 6.89. The normalized spacial score (nSPS) is 24.6. The van der Waals surface area contributed by atoms with Gasteiger partial charge in [-0.1, -0.05) is 0 Å². The highest BCUT2D eigenvalue weighted by Crippen LogP contribution is 2.30. The average Bonchev–Trinajstić information content (AvgIpc) is 2.70. The molecule has 18 heavy (non-hydrogen) atoms. The topological polar surface area (TPSA) is 55.0 Å².